The van der Waals surface area contributed by atoms with Gasteiger partial charge in [0.15, 0.2) is 0 Å². The molecule has 6 nitrogen and oxygen atoms in total. The predicted octanol–water partition coefficient (Wildman–Crippen LogP) is 3.33. The van der Waals surface area contributed by atoms with Gasteiger partial charge >= 0.3 is 11.9 Å². The monoisotopic (exact) mass is 390 g/mol. The van der Waals surface area contributed by atoms with Crippen LogP contribution in [-0.2, 0) is 22.4 Å². The highest BCUT2D eigenvalue weighted by molar-refractivity contribution is 5.73. The minimum Gasteiger partial charge on any atom is -0.480 e. The zero-order chi connectivity index (χ0) is 21.9. The van der Waals surface area contributed by atoms with Crippen molar-refractivity contribution in [3.8, 4) is 0 Å². The van der Waals surface area contributed by atoms with Crippen molar-refractivity contribution in [2.75, 3.05) is 0 Å². The molecule has 0 spiro atoms. The number of carboxylic acid groups (broad SMARTS) is 2. The lowest BCUT2D eigenvalue weighted by molar-refractivity contribution is -0.139. The van der Waals surface area contributed by atoms with Gasteiger partial charge in [0.25, 0.3) is 0 Å². The molecule has 0 bridgehead atoms. The lowest BCUT2D eigenvalue weighted by Gasteiger charge is -2.04. The third-order valence-electron chi connectivity index (χ3n) is 3.23. The van der Waals surface area contributed by atoms with Gasteiger partial charge in [-0.3, -0.25) is 9.59 Å². The zero-order valence-electron chi connectivity index (χ0n) is 17.2. The average molecular weight is 391 g/mol. The number of carboxylic acids is 2. The fourth-order valence-electron chi connectivity index (χ4n) is 1.91. The first kappa shape index (κ1) is 27.5. The summed E-state index contributed by atoms with van der Waals surface area (Å²) >= 11 is 0. The molecule has 2 aromatic rings. The van der Waals surface area contributed by atoms with E-state index < -0.39 is 24.0 Å². The van der Waals surface area contributed by atoms with Gasteiger partial charge < -0.3 is 21.7 Å². The van der Waals surface area contributed by atoms with Crippen molar-refractivity contribution >= 4 is 11.9 Å². The maximum atomic E-state index is 10.4. The second-order valence-corrected chi connectivity index (χ2v) is 5.27. The van der Waals surface area contributed by atoms with Gasteiger partial charge in [-0.2, -0.15) is 0 Å². The second-order valence-electron chi connectivity index (χ2n) is 5.27. The van der Waals surface area contributed by atoms with Crippen molar-refractivity contribution < 1.29 is 19.8 Å². The van der Waals surface area contributed by atoms with Gasteiger partial charge in [0.1, 0.15) is 12.1 Å². The number of carbonyl (C=O) groups is 2. The van der Waals surface area contributed by atoms with E-state index in [9.17, 15) is 9.59 Å². The molecule has 0 fully saturated rings. The number of aliphatic carboxylic acids is 2. The lowest BCUT2D eigenvalue weighted by Crippen LogP contribution is -2.32. The van der Waals surface area contributed by atoms with Gasteiger partial charge in [-0.25, -0.2) is 0 Å². The first-order valence-corrected chi connectivity index (χ1v) is 9.44. The normalized spacial score (nSPS) is 11.1. The Labute approximate surface area is 168 Å². The molecular formula is C22H34N2O4. The Morgan fingerprint density at radius 2 is 0.929 bits per heavy atom. The van der Waals surface area contributed by atoms with Crippen LogP contribution < -0.4 is 11.5 Å². The first-order chi connectivity index (χ1) is 13.4. The van der Waals surface area contributed by atoms with Crippen molar-refractivity contribution in [1.29, 1.82) is 0 Å². The molecule has 0 unspecified atom stereocenters. The molecule has 0 aromatic heterocycles. The summed E-state index contributed by atoms with van der Waals surface area (Å²) in [6.07, 6.45) is 0.770. The van der Waals surface area contributed by atoms with Crippen molar-refractivity contribution in [2.24, 2.45) is 11.5 Å². The minimum atomic E-state index is -0.959. The molecule has 28 heavy (non-hydrogen) atoms. The summed E-state index contributed by atoms with van der Waals surface area (Å²) in [5, 5.41) is 17.0. The van der Waals surface area contributed by atoms with Crippen LogP contribution >= 0.6 is 0 Å². The Hall–Kier alpha value is -2.70. The van der Waals surface area contributed by atoms with Gasteiger partial charge in [-0.1, -0.05) is 88.4 Å². The number of nitrogens with two attached hydrogens (primary N) is 2. The maximum absolute atomic E-state index is 10.4. The summed E-state index contributed by atoms with van der Waals surface area (Å²) in [5.41, 5.74) is 12.6. The summed E-state index contributed by atoms with van der Waals surface area (Å²) in [5.74, 6) is -1.92. The molecule has 0 radical (unpaired) electrons. The Morgan fingerprint density at radius 3 is 1.14 bits per heavy atom. The van der Waals surface area contributed by atoms with Crippen LogP contribution in [0.5, 0.6) is 0 Å². The molecule has 2 aromatic carbocycles. The largest absolute Gasteiger partial charge is 0.480 e. The van der Waals surface area contributed by atoms with Crippen LogP contribution in [0, 0.1) is 0 Å². The first-order valence-electron chi connectivity index (χ1n) is 9.44. The summed E-state index contributed by atoms with van der Waals surface area (Å²) in [7, 11) is 0. The fraction of sp³-hybridized carbons (Fsp3) is 0.364. The van der Waals surface area contributed by atoms with Crippen LogP contribution in [-0.4, -0.2) is 34.2 Å². The van der Waals surface area contributed by atoms with Crippen LogP contribution in [0.3, 0.4) is 0 Å². The number of benzene rings is 2. The second kappa shape index (κ2) is 17.7. The van der Waals surface area contributed by atoms with Crippen LogP contribution in [0.2, 0.25) is 0 Å². The average Bonchev–Trinajstić information content (AvgIpc) is 2.73. The van der Waals surface area contributed by atoms with E-state index in [0.29, 0.717) is 12.8 Å². The molecule has 2 rings (SSSR count). The SMILES string of the molecule is CC.CC.N[C@@H](Cc1ccccc1)C(=O)O.N[C@H](Cc1ccccc1)C(=O)O. The molecule has 0 saturated carbocycles. The van der Waals surface area contributed by atoms with Crippen molar-refractivity contribution in [3.05, 3.63) is 71.8 Å². The third-order valence-corrected chi connectivity index (χ3v) is 3.23. The summed E-state index contributed by atoms with van der Waals surface area (Å²) in [6.45, 7) is 8.00. The fourth-order valence-corrected chi connectivity index (χ4v) is 1.91. The maximum Gasteiger partial charge on any atom is 0.320 e. The molecular weight excluding hydrogens is 356 g/mol. The highest BCUT2D eigenvalue weighted by Gasteiger charge is 2.11. The van der Waals surface area contributed by atoms with Gasteiger partial charge in [-0.05, 0) is 24.0 Å². The van der Waals surface area contributed by atoms with Crippen LogP contribution in [0.4, 0.5) is 0 Å². The molecule has 0 heterocycles. The van der Waals surface area contributed by atoms with Crippen molar-refractivity contribution in [3.63, 3.8) is 0 Å². The topological polar surface area (TPSA) is 127 Å². The third kappa shape index (κ3) is 13.5. The van der Waals surface area contributed by atoms with Crippen LogP contribution in [0.1, 0.15) is 38.8 Å². The Balaban J connectivity index is 0. The van der Waals surface area contributed by atoms with E-state index in [2.05, 4.69) is 0 Å². The highest BCUT2D eigenvalue weighted by Crippen LogP contribution is 2.02. The molecule has 2 atom stereocenters. The minimum absolute atomic E-state index is 0.385. The van der Waals surface area contributed by atoms with E-state index in [1.165, 1.54) is 0 Å². The molecule has 0 aliphatic carbocycles. The standard InChI is InChI=1S/2C9H11NO2.2C2H6/c2*10-8(9(11)12)6-7-4-2-1-3-5-7;2*1-2/h2*1-5,8H,6,10H2,(H,11,12);2*1-2H3/t2*8-;;/m10../s1. The van der Waals surface area contributed by atoms with E-state index in [0.717, 1.165) is 11.1 Å². The van der Waals surface area contributed by atoms with Gasteiger partial charge in [0.2, 0.25) is 0 Å². The summed E-state index contributed by atoms with van der Waals surface area (Å²) < 4.78 is 0. The molecule has 0 aliphatic rings. The molecule has 0 amide bonds. The van der Waals surface area contributed by atoms with Crippen molar-refractivity contribution in [1.82, 2.24) is 0 Å². The van der Waals surface area contributed by atoms with Crippen LogP contribution in [0.25, 0.3) is 0 Å². The molecule has 6 N–H and O–H groups in total. The molecule has 6 heteroatoms. The molecule has 156 valence electrons. The van der Waals surface area contributed by atoms with E-state index in [4.69, 9.17) is 21.7 Å². The highest BCUT2D eigenvalue weighted by atomic mass is 16.4. The quantitative estimate of drug-likeness (QED) is 0.599. The van der Waals surface area contributed by atoms with Gasteiger partial charge in [0.05, 0.1) is 0 Å². The van der Waals surface area contributed by atoms with Crippen LogP contribution in [0.15, 0.2) is 60.7 Å². The zero-order valence-corrected chi connectivity index (χ0v) is 17.2. The number of hydrogen-bond donors (Lipinski definition) is 4. The molecule has 0 aliphatic heterocycles. The van der Waals surface area contributed by atoms with E-state index >= 15 is 0 Å². The number of hydrogen-bond acceptors (Lipinski definition) is 4. The van der Waals surface area contributed by atoms with E-state index in [1.54, 1.807) is 0 Å². The number of rotatable bonds is 6. The summed E-state index contributed by atoms with van der Waals surface area (Å²) in [4.78, 5) is 20.8. The van der Waals surface area contributed by atoms with Crippen molar-refractivity contribution in [2.45, 2.75) is 52.6 Å². The molecule has 0 saturated heterocycles. The summed E-state index contributed by atoms with van der Waals surface area (Å²) in [6, 6.07) is 17.1. The smallest absolute Gasteiger partial charge is 0.320 e. The van der Waals surface area contributed by atoms with E-state index in [1.807, 2.05) is 88.4 Å². The lowest BCUT2D eigenvalue weighted by atomic mass is 10.1. The van der Waals surface area contributed by atoms with E-state index in [-0.39, 0.29) is 0 Å². The van der Waals surface area contributed by atoms with Gasteiger partial charge in [0, 0.05) is 0 Å². The Kier molecular flexibility index (Phi) is 17.4. The van der Waals surface area contributed by atoms with Gasteiger partial charge in [-0.15, -0.1) is 0 Å². The Bertz CT molecular complexity index is 576. The Morgan fingerprint density at radius 1 is 0.679 bits per heavy atom. The predicted molar refractivity (Wildman–Crippen MR) is 114 cm³/mol.